The summed E-state index contributed by atoms with van der Waals surface area (Å²) in [5.41, 5.74) is 2.76. The molecule has 1 fully saturated rings. The number of fused-ring (bicyclic) bond motifs is 1. The van der Waals surface area contributed by atoms with Crippen LogP contribution in [0.1, 0.15) is 24.2 Å². The van der Waals surface area contributed by atoms with E-state index in [2.05, 4.69) is 30.3 Å². The fourth-order valence-electron chi connectivity index (χ4n) is 4.70. The number of halogens is 1. The second-order valence-corrected chi connectivity index (χ2v) is 9.85. The van der Waals surface area contributed by atoms with Gasteiger partial charge in [0, 0.05) is 47.8 Å². The molecule has 39 heavy (non-hydrogen) atoms. The van der Waals surface area contributed by atoms with Gasteiger partial charge in [0.1, 0.15) is 11.5 Å². The summed E-state index contributed by atoms with van der Waals surface area (Å²) in [6.07, 6.45) is 6.89. The minimum Gasteiger partial charge on any atom is -0.493 e. The number of nitrogens with one attached hydrogen (secondary N) is 3. The molecule has 0 spiro atoms. The smallest absolute Gasteiger partial charge is 0.326 e. The van der Waals surface area contributed by atoms with E-state index in [0.29, 0.717) is 27.2 Å². The average Bonchev–Trinajstić information content (AvgIpc) is 3.47. The minimum atomic E-state index is -0.503. The summed E-state index contributed by atoms with van der Waals surface area (Å²) < 4.78 is 1.68. The van der Waals surface area contributed by atoms with Crippen LogP contribution < -0.4 is 21.7 Å². The highest BCUT2D eigenvalue weighted by atomic mass is 35.5. The number of piperidine rings is 1. The Morgan fingerprint density at radius 1 is 1.15 bits per heavy atom. The first kappa shape index (κ1) is 24.8. The molecule has 4 N–H and O–H groups in total. The minimum absolute atomic E-state index is 0.122. The van der Waals surface area contributed by atoms with Gasteiger partial charge in [0.15, 0.2) is 11.1 Å². The molecule has 1 saturated heterocycles. The lowest BCUT2D eigenvalue weighted by Gasteiger charge is -2.29. The fourth-order valence-corrected chi connectivity index (χ4v) is 4.89. The van der Waals surface area contributed by atoms with E-state index in [-0.39, 0.29) is 17.6 Å². The highest BCUT2D eigenvalue weighted by molar-refractivity contribution is 6.30. The van der Waals surface area contributed by atoms with Crippen LogP contribution in [0, 0.1) is 0 Å². The molecule has 0 aliphatic carbocycles. The van der Waals surface area contributed by atoms with E-state index in [1.807, 2.05) is 48.7 Å². The lowest BCUT2D eigenvalue weighted by Crippen LogP contribution is -2.36. The zero-order chi connectivity index (χ0) is 26.8. The van der Waals surface area contributed by atoms with Crippen LogP contribution in [-0.4, -0.2) is 58.7 Å². The van der Waals surface area contributed by atoms with Crippen molar-refractivity contribution in [3.05, 3.63) is 98.5 Å². The molecule has 6 rings (SSSR count). The number of H-pyrrole nitrogens is 2. The fraction of sp³-hybridized carbons (Fsp3) is 0.222. The molecule has 1 aliphatic heterocycles. The van der Waals surface area contributed by atoms with E-state index < -0.39 is 5.69 Å². The monoisotopic (exact) mass is 543 g/mol. The molecular formula is C27H26ClN9O2. The van der Waals surface area contributed by atoms with E-state index in [9.17, 15) is 9.90 Å². The second-order valence-electron chi connectivity index (χ2n) is 9.41. The Balaban J connectivity index is 1.35. The van der Waals surface area contributed by atoms with Crippen molar-refractivity contribution in [1.29, 1.82) is 0 Å². The molecule has 12 heteroatoms. The second kappa shape index (κ2) is 10.7. The van der Waals surface area contributed by atoms with Crippen molar-refractivity contribution in [3.63, 3.8) is 0 Å². The van der Waals surface area contributed by atoms with E-state index in [4.69, 9.17) is 21.6 Å². The van der Waals surface area contributed by atoms with Gasteiger partial charge in [-0.3, -0.25) is 19.9 Å². The molecule has 1 aromatic carbocycles. The predicted molar refractivity (Wildman–Crippen MR) is 148 cm³/mol. The van der Waals surface area contributed by atoms with E-state index >= 15 is 0 Å². The third kappa shape index (κ3) is 5.69. The Morgan fingerprint density at radius 2 is 2.03 bits per heavy atom. The van der Waals surface area contributed by atoms with Crippen molar-refractivity contribution in [2.24, 2.45) is 4.99 Å². The zero-order valence-corrected chi connectivity index (χ0v) is 21.6. The van der Waals surface area contributed by atoms with Crippen LogP contribution in [0.15, 0.2) is 70.7 Å². The van der Waals surface area contributed by atoms with Crippen molar-refractivity contribution < 1.29 is 5.11 Å². The summed E-state index contributed by atoms with van der Waals surface area (Å²) in [5, 5.41) is 19.1. The Labute approximate surface area is 227 Å². The number of aromatic amines is 2. The van der Waals surface area contributed by atoms with Gasteiger partial charge in [0.05, 0.1) is 17.9 Å². The Kier molecular flexibility index (Phi) is 6.82. The van der Waals surface area contributed by atoms with Crippen LogP contribution in [-0.2, 0) is 6.54 Å². The van der Waals surface area contributed by atoms with Crippen molar-refractivity contribution >= 4 is 34.8 Å². The molecule has 0 unspecified atom stereocenters. The van der Waals surface area contributed by atoms with Gasteiger partial charge in [-0.25, -0.2) is 9.78 Å². The number of hydrogen-bond acceptors (Lipinski definition) is 8. The number of likely N-dealkylation sites (tertiary alicyclic amines) is 1. The first-order chi connectivity index (χ1) is 19.0. The normalized spacial score (nSPS) is 15.8. The van der Waals surface area contributed by atoms with Crippen molar-refractivity contribution in [2.45, 2.75) is 25.4 Å². The summed E-state index contributed by atoms with van der Waals surface area (Å²) in [5.74, 6) is 0.313. The topological polar surface area (TPSA) is 140 Å². The van der Waals surface area contributed by atoms with E-state index in [0.717, 1.165) is 43.9 Å². The predicted octanol–water partition coefficient (Wildman–Crippen LogP) is 2.36. The highest BCUT2D eigenvalue weighted by Gasteiger charge is 2.19. The Hall–Kier alpha value is -4.48. The standard InChI is InChI=1S/C27H26ClN9O2/c28-18-4-3-6-20(13-18)31-23-14-24(32-19-7-10-36(11-8-19)16-21-5-1-2-9-29-21)37-25(34-23)17(15-30-37)12-22-26(38)35-27(39)33-22/h1-6,9,12-15,19,31,38H,7-8,10-11,16H2,(H2,33,35,39)/b17-12-,32-24?. The van der Waals surface area contributed by atoms with Crippen LogP contribution in [0.5, 0.6) is 5.88 Å². The number of rotatable bonds is 6. The van der Waals surface area contributed by atoms with E-state index in [1.165, 1.54) is 0 Å². The molecule has 0 atom stereocenters. The van der Waals surface area contributed by atoms with Gasteiger partial charge >= 0.3 is 5.69 Å². The van der Waals surface area contributed by atoms with Crippen molar-refractivity contribution in [1.82, 2.24) is 34.4 Å². The van der Waals surface area contributed by atoms with Crippen molar-refractivity contribution in [2.75, 3.05) is 18.4 Å². The van der Waals surface area contributed by atoms with Gasteiger partial charge in [0.2, 0.25) is 5.88 Å². The number of anilines is 2. The number of aromatic hydroxyl groups is 1. The molecule has 0 amide bonds. The summed E-state index contributed by atoms with van der Waals surface area (Å²) in [6.45, 7) is 2.67. The maximum atomic E-state index is 11.6. The van der Waals surface area contributed by atoms with Gasteiger partial charge in [-0.05, 0) is 49.2 Å². The molecule has 0 saturated carbocycles. The summed E-state index contributed by atoms with van der Waals surface area (Å²) in [6, 6.07) is 15.3. The number of hydrogen-bond donors (Lipinski definition) is 4. The average molecular weight is 544 g/mol. The Morgan fingerprint density at radius 3 is 2.77 bits per heavy atom. The molecule has 5 aromatic rings. The number of aromatic nitrogens is 6. The SMILES string of the molecule is O=c1[nH]c(O)c(/C=c2/cnn3c(=NC4CCN(Cc5ccccn5)CC4)cc(Nc4cccc(Cl)c4)nc23)[nH]1. The van der Waals surface area contributed by atoms with Gasteiger partial charge in [-0.15, -0.1) is 0 Å². The van der Waals surface area contributed by atoms with Gasteiger partial charge in [-0.1, -0.05) is 23.7 Å². The van der Waals surface area contributed by atoms with Crippen molar-refractivity contribution in [3.8, 4) is 5.88 Å². The van der Waals surface area contributed by atoms with E-state index in [1.54, 1.807) is 22.9 Å². The summed E-state index contributed by atoms with van der Waals surface area (Å²) in [4.78, 5) is 33.2. The number of benzene rings is 1. The summed E-state index contributed by atoms with van der Waals surface area (Å²) >= 11 is 6.18. The Bertz CT molecular complexity index is 1790. The van der Waals surface area contributed by atoms with Crippen LogP contribution in [0.2, 0.25) is 5.02 Å². The molecule has 1 aliphatic rings. The number of nitrogens with zero attached hydrogens (tertiary/aromatic N) is 6. The lowest BCUT2D eigenvalue weighted by molar-refractivity contribution is 0.202. The van der Waals surface area contributed by atoms with Crippen LogP contribution in [0.25, 0.3) is 11.7 Å². The first-order valence-corrected chi connectivity index (χ1v) is 13.0. The third-order valence-corrected chi connectivity index (χ3v) is 6.83. The molecular weight excluding hydrogens is 518 g/mol. The quantitative estimate of drug-likeness (QED) is 0.258. The molecule has 0 radical (unpaired) electrons. The molecule has 5 heterocycles. The lowest BCUT2D eigenvalue weighted by atomic mass is 10.1. The number of imidazole rings is 1. The van der Waals surface area contributed by atoms with Crippen LogP contribution in [0.3, 0.4) is 0 Å². The van der Waals surface area contributed by atoms with Gasteiger partial charge in [0.25, 0.3) is 0 Å². The molecule has 0 bridgehead atoms. The molecule has 198 valence electrons. The number of pyridine rings is 1. The zero-order valence-electron chi connectivity index (χ0n) is 20.9. The molecule has 11 nitrogen and oxygen atoms in total. The van der Waals surface area contributed by atoms with Gasteiger partial charge in [-0.2, -0.15) is 9.61 Å². The third-order valence-electron chi connectivity index (χ3n) is 6.60. The van der Waals surface area contributed by atoms with Crippen LogP contribution in [0.4, 0.5) is 11.5 Å². The summed E-state index contributed by atoms with van der Waals surface area (Å²) in [7, 11) is 0. The first-order valence-electron chi connectivity index (χ1n) is 12.6. The van der Waals surface area contributed by atoms with Gasteiger partial charge < -0.3 is 15.4 Å². The highest BCUT2D eigenvalue weighted by Crippen LogP contribution is 2.19. The maximum absolute atomic E-state index is 11.6. The van der Waals surface area contributed by atoms with Crippen LogP contribution >= 0.6 is 11.6 Å². The molecule has 4 aromatic heterocycles. The largest absolute Gasteiger partial charge is 0.493 e. The maximum Gasteiger partial charge on any atom is 0.326 e.